The molecule has 0 aliphatic heterocycles. The molecule has 0 amide bonds. The van der Waals surface area contributed by atoms with E-state index in [2.05, 4.69) is 54.6 Å². The lowest BCUT2D eigenvalue weighted by atomic mass is 9.96. The van der Waals surface area contributed by atoms with Crippen LogP contribution in [0, 0.1) is 6.92 Å². The van der Waals surface area contributed by atoms with Crippen molar-refractivity contribution in [2.75, 3.05) is 5.33 Å². The molecule has 0 spiro atoms. The predicted molar refractivity (Wildman–Crippen MR) is 77.0 cm³/mol. The van der Waals surface area contributed by atoms with E-state index in [9.17, 15) is 5.11 Å². The van der Waals surface area contributed by atoms with Crippen molar-refractivity contribution < 1.29 is 5.11 Å². The van der Waals surface area contributed by atoms with Gasteiger partial charge in [-0.3, -0.25) is 0 Å². The summed E-state index contributed by atoms with van der Waals surface area (Å²) in [6.45, 7) is 8.93. The summed E-state index contributed by atoms with van der Waals surface area (Å²) >= 11 is 3.46. The van der Waals surface area contributed by atoms with Gasteiger partial charge < -0.3 is 5.11 Å². The van der Waals surface area contributed by atoms with E-state index in [1.54, 1.807) is 0 Å². The van der Waals surface area contributed by atoms with Gasteiger partial charge in [-0.05, 0) is 18.5 Å². The van der Waals surface area contributed by atoms with Crippen LogP contribution < -0.4 is 0 Å². The molecule has 1 aromatic carbocycles. The summed E-state index contributed by atoms with van der Waals surface area (Å²) in [5, 5.41) is 11.3. The Morgan fingerprint density at radius 3 is 2.38 bits per heavy atom. The highest BCUT2D eigenvalue weighted by Crippen LogP contribution is 2.33. The molecular weight excluding hydrogens is 280 g/mol. The van der Waals surface area contributed by atoms with Crippen molar-refractivity contribution in [3.8, 4) is 0 Å². The molecule has 1 unspecified atom stereocenters. The smallest absolute Gasteiger partial charge is 0.0969 e. The lowest BCUT2D eigenvalue weighted by Crippen LogP contribution is -2.37. The van der Waals surface area contributed by atoms with E-state index in [1.807, 2.05) is 12.1 Å². The minimum Gasteiger partial charge on any atom is -0.385 e. The van der Waals surface area contributed by atoms with E-state index in [-0.39, 0.29) is 0 Å². The van der Waals surface area contributed by atoms with Gasteiger partial charge in [-0.25, -0.2) is 0 Å². The molecule has 0 heterocycles. The highest BCUT2D eigenvalue weighted by molar-refractivity contribution is 9.09. The van der Waals surface area contributed by atoms with Crippen LogP contribution >= 0.6 is 15.9 Å². The molecule has 0 bridgehead atoms. The van der Waals surface area contributed by atoms with Crippen molar-refractivity contribution in [3.63, 3.8) is 0 Å². The van der Waals surface area contributed by atoms with Crippen LogP contribution in [0.15, 0.2) is 24.3 Å². The van der Waals surface area contributed by atoms with Gasteiger partial charge in [0.25, 0.3) is 0 Å². The number of alkyl halides is 1. The highest BCUT2D eigenvalue weighted by Gasteiger charge is 2.33. The first-order valence-corrected chi connectivity index (χ1v) is 10.5. The van der Waals surface area contributed by atoms with Crippen LogP contribution in [-0.2, 0) is 5.60 Å². The molecule has 0 aliphatic rings. The summed E-state index contributed by atoms with van der Waals surface area (Å²) in [5.74, 6) is 0. The second-order valence-electron chi connectivity index (χ2n) is 5.77. The van der Waals surface area contributed by atoms with Crippen LogP contribution in [0.3, 0.4) is 0 Å². The summed E-state index contributed by atoms with van der Waals surface area (Å²) in [5.41, 5.74) is 1.52. The number of hydrogen-bond donors (Lipinski definition) is 1. The molecule has 0 aromatic heterocycles. The van der Waals surface area contributed by atoms with E-state index in [0.29, 0.717) is 5.33 Å². The number of rotatable bonds is 4. The van der Waals surface area contributed by atoms with Crippen molar-refractivity contribution >= 4 is 24.0 Å². The van der Waals surface area contributed by atoms with E-state index in [1.165, 1.54) is 5.56 Å². The zero-order chi connectivity index (χ0) is 12.4. The Morgan fingerprint density at radius 1 is 1.31 bits per heavy atom. The van der Waals surface area contributed by atoms with Gasteiger partial charge in [-0.2, -0.15) is 0 Å². The van der Waals surface area contributed by atoms with Crippen molar-refractivity contribution in [1.82, 2.24) is 0 Å². The van der Waals surface area contributed by atoms with Crippen LogP contribution in [-0.4, -0.2) is 18.5 Å². The lowest BCUT2D eigenvalue weighted by Gasteiger charge is -2.32. The Hall–Kier alpha value is -0.123. The molecule has 16 heavy (non-hydrogen) atoms. The second-order valence-corrected chi connectivity index (χ2v) is 11.8. The molecule has 0 radical (unpaired) electrons. The standard InChI is InChI=1S/C13H21BrOSi/c1-11-6-5-7-12(8-11)13(15,9-14)10-16(2,3)4/h5-8,15H,9-10H2,1-4H3. The average molecular weight is 301 g/mol. The van der Waals surface area contributed by atoms with E-state index < -0.39 is 13.7 Å². The largest absolute Gasteiger partial charge is 0.385 e. The second kappa shape index (κ2) is 5.03. The van der Waals surface area contributed by atoms with Gasteiger partial charge in [-0.15, -0.1) is 0 Å². The molecule has 0 saturated carbocycles. The van der Waals surface area contributed by atoms with Gasteiger partial charge in [0, 0.05) is 13.4 Å². The van der Waals surface area contributed by atoms with Gasteiger partial charge in [0.2, 0.25) is 0 Å². The first kappa shape index (κ1) is 13.9. The van der Waals surface area contributed by atoms with E-state index >= 15 is 0 Å². The van der Waals surface area contributed by atoms with Crippen molar-refractivity contribution in [2.24, 2.45) is 0 Å². The van der Waals surface area contributed by atoms with Crippen LogP contribution in [0.5, 0.6) is 0 Å². The van der Waals surface area contributed by atoms with Crippen LogP contribution in [0.2, 0.25) is 25.7 Å². The zero-order valence-electron chi connectivity index (χ0n) is 10.5. The van der Waals surface area contributed by atoms with Gasteiger partial charge in [0.1, 0.15) is 0 Å². The SMILES string of the molecule is Cc1cccc(C(O)(CBr)C[Si](C)(C)C)c1. The number of hydrogen-bond acceptors (Lipinski definition) is 1. The molecule has 1 N–H and O–H groups in total. The van der Waals surface area contributed by atoms with Crippen molar-refractivity contribution in [2.45, 2.75) is 38.2 Å². The van der Waals surface area contributed by atoms with Gasteiger partial charge in [0.15, 0.2) is 0 Å². The third kappa shape index (κ3) is 3.72. The lowest BCUT2D eigenvalue weighted by molar-refractivity contribution is 0.0836. The monoisotopic (exact) mass is 300 g/mol. The first-order valence-electron chi connectivity index (χ1n) is 5.62. The Bertz CT molecular complexity index is 359. The van der Waals surface area contributed by atoms with E-state index in [0.717, 1.165) is 11.6 Å². The summed E-state index contributed by atoms with van der Waals surface area (Å²) in [4.78, 5) is 0. The number of halogens is 1. The van der Waals surface area contributed by atoms with Crippen LogP contribution in [0.25, 0.3) is 0 Å². The third-order valence-corrected chi connectivity index (χ3v) is 5.17. The Kier molecular flexibility index (Phi) is 4.38. The van der Waals surface area contributed by atoms with Crippen molar-refractivity contribution in [3.05, 3.63) is 35.4 Å². The molecule has 0 saturated heterocycles. The molecular formula is C13H21BrOSi. The maximum absolute atomic E-state index is 10.7. The number of aryl methyl sites for hydroxylation is 1. The topological polar surface area (TPSA) is 20.2 Å². The normalized spacial score (nSPS) is 15.9. The fourth-order valence-corrected chi connectivity index (χ4v) is 5.01. The highest BCUT2D eigenvalue weighted by atomic mass is 79.9. The molecule has 1 atom stereocenters. The maximum atomic E-state index is 10.7. The fourth-order valence-electron chi connectivity index (χ4n) is 2.04. The summed E-state index contributed by atoms with van der Waals surface area (Å²) < 4.78 is 0. The van der Waals surface area contributed by atoms with E-state index in [4.69, 9.17) is 0 Å². The zero-order valence-corrected chi connectivity index (χ0v) is 13.1. The molecule has 3 heteroatoms. The minimum absolute atomic E-state index is 0.605. The van der Waals surface area contributed by atoms with Gasteiger partial charge in [0.05, 0.1) is 5.60 Å². The average Bonchev–Trinajstić information content (AvgIpc) is 2.15. The molecule has 0 aliphatic carbocycles. The summed E-state index contributed by atoms with van der Waals surface area (Å²) in [6.07, 6.45) is 0. The predicted octanol–water partition coefficient (Wildman–Crippen LogP) is 3.92. The molecule has 0 fully saturated rings. The Morgan fingerprint density at radius 2 is 1.94 bits per heavy atom. The Balaban J connectivity index is 3.05. The van der Waals surface area contributed by atoms with Gasteiger partial charge in [-0.1, -0.05) is 65.4 Å². The fraction of sp³-hybridized carbons (Fsp3) is 0.538. The summed E-state index contributed by atoms with van der Waals surface area (Å²) in [6, 6.07) is 9.07. The molecule has 1 nitrogen and oxygen atoms in total. The minimum atomic E-state index is -1.29. The van der Waals surface area contributed by atoms with Gasteiger partial charge >= 0.3 is 0 Å². The number of benzene rings is 1. The molecule has 1 rings (SSSR count). The molecule has 1 aromatic rings. The van der Waals surface area contributed by atoms with Crippen LogP contribution in [0.4, 0.5) is 0 Å². The number of aliphatic hydroxyl groups is 1. The van der Waals surface area contributed by atoms with Crippen LogP contribution in [0.1, 0.15) is 11.1 Å². The molecule has 90 valence electrons. The maximum Gasteiger partial charge on any atom is 0.0969 e. The quantitative estimate of drug-likeness (QED) is 0.660. The first-order chi connectivity index (χ1) is 7.27. The van der Waals surface area contributed by atoms with Crippen molar-refractivity contribution in [1.29, 1.82) is 0 Å². The third-order valence-electron chi connectivity index (χ3n) is 2.60. The summed E-state index contributed by atoms with van der Waals surface area (Å²) in [7, 11) is -1.29. The Labute approximate surface area is 108 Å².